The van der Waals surface area contributed by atoms with Gasteiger partial charge in [-0.3, -0.25) is 9.79 Å². The molecule has 170 valence electrons. The number of likely N-dealkylation sites (tertiary alicyclic amines) is 1. The van der Waals surface area contributed by atoms with Crippen molar-refractivity contribution in [2.45, 2.75) is 64.5 Å². The first-order chi connectivity index (χ1) is 13.4. The third-order valence-electron chi connectivity index (χ3n) is 5.40. The van der Waals surface area contributed by atoms with Gasteiger partial charge in [-0.1, -0.05) is 6.42 Å². The van der Waals surface area contributed by atoms with Gasteiger partial charge >= 0.3 is 0 Å². The highest BCUT2D eigenvalue weighted by atomic mass is 127. The number of guanidine groups is 1. The highest BCUT2D eigenvalue weighted by molar-refractivity contribution is 14.0. The van der Waals surface area contributed by atoms with Crippen molar-refractivity contribution in [2.75, 3.05) is 44.2 Å². The van der Waals surface area contributed by atoms with Crippen LogP contribution in [0.1, 0.15) is 52.4 Å². The van der Waals surface area contributed by atoms with Gasteiger partial charge in [-0.15, -0.1) is 24.0 Å². The molecule has 2 atom stereocenters. The van der Waals surface area contributed by atoms with Crippen molar-refractivity contribution in [3.8, 4) is 0 Å². The van der Waals surface area contributed by atoms with E-state index in [-0.39, 0.29) is 47.4 Å². The number of nitrogens with one attached hydrogen (secondary N) is 3. The minimum atomic E-state index is -2.97. The third-order valence-corrected chi connectivity index (χ3v) is 7.17. The SMILES string of the molecule is CCNC(=NCCCN1CCCCC1C)NCCC(=O)NC1CCS(=O)(=O)C1.I. The molecular weight excluding hydrogens is 505 g/mol. The number of halogens is 1. The number of carbonyl (C=O) groups is 1. The number of piperidine rings is 1. The lowest BCUT2D eigenvalue weighted by molar-refractivity contribution is -0.121. The summed E-state index contributed by atoms with van der Waals surface area (Å²) in [6.07, 6.45) is 5.77. The zero-order chi connectivity index (χ0) is 20.4. The van der Waals surface area contributed by atoms with Crippen LogP contribution in [0.3, 0.4) is 0 Å². The molecule has 0 aliphatic carbocycles. The van der Waals surface area contributed by atoms with Crippen LogP contribution in [0.4, 0.5) is 0 Å². The highest BCUT2D eigenvalue weighted by Crippen LogP contribution is 2.16. The Hall–Kier alpha value is -0.620. The number of aliphatic imine (C=N–C) groups is 1. The summed E-state index contributed by atoms with van der Waals surface area (Å²) in [5, 5.41) is 9.20. The number of sulfone groups is 1. The first kappa shape index (κ1) is 26.4. The summed E-state index contributed by atoms with van der Waals surface area (Å²) >= 11 is 0. The number of carbonyl (C=O) groups excluding carboxylic acids is 1. The molecule has 1 amide bonds. The average Bonchev–Trinajstić information content (AvgIpc) is 2.98. The number of nitrogens with zero attached hydrogens (tertiary/aromatic N) is 2. The van der Waals surface area contributed by atoms with Crippen LogP contribution >= 0.6 is 24.0 Å². The molecule has 0 spiro atoms. The van der Waals surface area contributed by atoms with Crippen LogP contribution in [0.5, 0.6) is 0 Å². The van der Waals surface area contributed by atoms with Crippen molar-refractivity contribution in [1.29, 1.82) is 0 Å². The molecule has 0 aromatic carbocycles. The molecule has 8 nitrogen and oxygen atoms in total. The second-order valence-electron chi connectivity index (χ2n) is 7.84. The Morgan fingerprint density at radius 1 is 1.21 bits per heavy atom. The van der Waals surface area contributed by atoms with Gasteiger partial charge in [0.2, 0.25) is 5.91 Å². The fourth-order valence-electron chi connectivity index (χ4n) is 3.80. The van der Waals surface area contributed by atoms with Gasteiger partial charge < -0.3 is 20.9 Å². The smallest absolute Gasteiger partial charge is 0.222 e. The summed E-state index contributed by atoms with van der Waals surface area (Å²) in [7, 11) is -2.97. The maximum absolute atomic E-state index is 12.0. The molecular formula is C19H38IN5O3S. The van der Waals surface area contributed by atoms with Gasteiger partial charge in [0.1, 0.15) is 0 Å². The molecule has 2 rings (SSSR count). The van der Waals surface area contributed by atoms with E-state index in [2.05, 4.69) is 32.8 Å². The molecule has 0 saturated carbocycles. The number of amides is 1. The first-order valence-corrected chi connectivity index (χ1v) is 12.5. The van der Waals surface area contributed by atoms with E-state index < -0.39 is 9.84 Å². The van der Waals surface area contributed by atoms with E-state index in [1.807, 2.05) is 6.92 Å². The summed E-state index contributed by atoms with van der Waals surface area (Å²) in [4.78, 5) is 19.2. The molecule has 2 aliphatic heterocycles. The summed E-state index contributed by atoms with van der Waals surface area (Å²) in [6, 6.07) is 0.439. The molecule has 2 saturated heterocycles. The number of hydrogen-bond donors (Lipinski definition) is 3. The number of rotatable bonds is 9. The van der Waals surface area contributed by atoms with E-state index >= 15 is 0 Å². The molecule has 29 heavy (non-hydrogen) atoms. The largest absolute Gasteiger partial charge is 0.357 e. The predicted molar refractivity (Wildman–Crippen MR) is 129 cm³/mol. The highest BCUT2D eigenvalue weighted by Gasteiger charge is 2.28. The van der Waals surface area contributed by atoms with Gasteiger partial charge in [-0.2, -0.15) is 0 Å². The summed E-state index contributed by atoms with van der Waals surface area (Å²) in [6.45, 7) is 8.59. The van der Waals surface area contributed by atoms with Crippen molar-refractivity contribution >= 4 is 45.7 Å². The maximum Gasteiger partial charge on any atom is 0.222 e. The molecule has 3 N–H and O–H groups in total. The second kappa shape index (κ2) is 13.6. The Bertz CT molecular complexity index is 629. The normalized spacial score (nSPS) is 24.6. The van der Waals surface area contributed by atoms with E-state index in [4.69, 9.17) is 0 Å². The van der Waals surface area contributed by atoms with Gasteiger partial charge in [-0.05, 0) is 46.1 Å². The van der Waals surface area contributed by atoms with Crippen LogP contribution in [0.2, 0.25) is 0 Å². The lowest BCUT2D eigenvalue weighted by Crippen LogP contribution is -2.41. The van der Waals surface area contributed by atoms with Crippen LogP contribution in [-0.4, -0.2) is 81.5 Å². The van der Waals surface area contributed by atoms with E-state index in [9.17, 15) is 13.2 Å². The average molecular weight is 544 g/mol. The second-order valence-corrected chi connectivity index (χ2v) is 10.1. The quantitative estimate of drug-likeness (QED) is 0.174. The van der Waals surface area contributed by atoms with Crippen molar-refractivity contribution in [3.63, 3.8) is 0 Å². The minimum Gasteiger partial charge on any atom is -0.357 e. The van der Waals surface area contributed by atoms with Crippen LogP contribution in [0.25, 0.3) is 0 Å². The van der Waals surface area contributed by atoms with Gasteiger partial charge in [-0.25, -0.2) is 8.42 Å². The molecule has 0 aromatic heterocycles. The molecule has 2 unspecified atom stereocenters. The standard InChI is InChI=1S/C19H37N5O3S.HI/c1-3-20-19(21-10-6-13-24-12-5-4-7-16(24)2)22-11-8-18(25)23-17-9-14-28(26,27)15-17;/h16-17H,3-15H2,1-2H3,(H,23,25)(H2,20,21,22);1H. The predicted octanol–water partition coefficient (Wildman–Crippen LogP) is 1.12. The zero-order valence-electron chi connectivity index (χ0n) is 17.8. The Balaban J connectivity index is 0.00000420. The Labute approximate surface area is 193 Å². The van der Waals surface area contributed by atoms with E-state index in [1.165, 1.54) is 25.8 Å². The van der Waals surface area contributed by atoms with Crippen molar-refractivity contribution in [1.82, 2.24) is 20.9 Å². The Kier molecular flexibility index (Phi) is 12.4. The van der Waals surface area contributed by atoms with Gasteiger partial charge in [0.15, 0.2) is 15.8 Å². The fraction of sp³-hybridized carbons (Fsp3) is 0.895. The lowest BCUT2D eigenvalue weighted by atomic mass is 10.0. The summed E-state index contributed by atoms with van der Waals surface area (Å²) in [5.74, 6) is 0.838. The van der Waals surface area contributed by atoms with Crippen molar-refractivity contribution in [3.05, 3.63) is 0 Å². The first-order valence-electron chi connectivity index (χ1n) is 10.7. The Morgan fingerprint density at radius 2 is 2.00 bits per heavy atom. The van der Waals surface area contributed by atoms with Crippen molar-refractivity contribution in [2.24, 2.45) is 4.99 Å². The zero-order valence-corrected chi connectivity index (χ0v) is 20.9. The van der Waals surface area contributed by atoms with Crippen LogP contribution < -0.4 is 16.0 Å². The van der Waals surface area contributed by atoms with E-state index in [0.717, 1.165) is 32.0 Å². The van der Waals surface area contributed by atoms with Crippen LogP contribution in [0, 0.1) is 0 Å². The topological polar surface area (TPSA) is 103 Å². The summed E-state index contributed by atoms with van der Waals surface area (Å²) in [5.41, 5.74) is 0. The molecule has 2 aliphatic rings. The monoisotopic (exact) mass is 543 g/mol. The molecule has 0 radical (unpaired) electrons. The van der Waals surface area contributed by atoms with E-state index in [0.29, 0.717) is 25.4 Å². The third kappa shape index (κ3) is 10.3. The fourth-order valence-corrected chi connectivity index (χ4v) is 5.47. The van der Waals surface area contributed by atoms with Crippen molar-refractivity contribution < 1.29 is 13.2 Å². The van der Waals surface area contributed by atoms with Crippen LogP contribution in [0.15, 0.2) is 4.99 Å². The molecule has 0 bridgehead atoms. The van der Waals surface area contributed by atoms with Gasteiger partial charge in [0.25, 0.3) is 0 Å². The van der Waals surface area contributed by atoms with E-state index in [1.54, 1.807) is 0 Å². The number of hydrogen-bond acceptors (Lipinski definition) is 5. The summed E-state index contributed by atoms with van der Waals surface area (Å²) < 4.78 is 22.9. The van der Waals surface area contributed by atoms with Gasteiger partial charge in [0, 0.05) is 44.7 Å². The minimum absolute atomic E-state index is 0. The maximum atomic E-state index is 12.0. The molecule has 0 aromatic rings. The lowest BCUT2D eigenvalue weighted by Gasteiger charge is -2.33. The van der Waals surface area contributed by atoms with Crippen LogP contribution in [-0.2, 0) is 14.6 Å². The van der Waals surface area contributed by atoms with Gasteiger partial charge in [0.05, 0.1) is 11.5 Å². The molecule has 10 heteroatoms. The molecule has 2 fully saturated rings. The molecule has 2 heterocycles. The Morgan fingerprint density at radius 3 is 2.66 bits per heavy atom.